The van der Waals surface area contributed by atoms with E-state index >= 15 is 0 Å². The number of aryl methyl sites for hydroxylation is 1. The van der Waals surface area contributed by atoms with Gasteiger partial charge in [0.2, 0.25) is 11.7 Å². The Morgan fingerprint density at radius 3 is 3.04 bits per heavy atom. The lowest BCUT2D eigenvalue weighted by Gasteiger charge is -2.31. The summed E-state index contributed by atoms with van der Waals surface area (Å²) in [5, 5.41) is 6.83. The van der Waals surface area contributed by atoms with E-state index in [4.69, 9.17) is 4.52 Å². The van der Waals surface area contributed by atoms with Crippen LogP contribution in [0, 0.1) is 12.7 Å². The lowest BCUT2D eigenvalue weighted by Crippen LogP contribution is -2.41. The van der Waals surface area contributed by atoms with Gasteiger partial charge in [-0.3, -0.25) is 5.32 Å². The van der Waals surface area contributed by atoms with Crippen molar-refractivity contribution in [3.63, 3.8) is 0 Å². The van der Waals surface area contributed by atoms with Crippen LogP contribution in [0.5, 0.6) is 0 Å². The van der Waals surface area contributed by atoms with Gasteiger partial charge < -0.3 is 9.42 Å². The molecule has 3 heterocycles. The van der Waals surface area contributed by atoms with Crippen LogP contribution in [0.15, 0.2) is 47.1 Å². The zero-order chi connectivity index (χ0) is 19.5. The number of benzene rings is 1. The Morgan fingerprint density at radius 2 is 2.21 bits per heavy atom. The number of likely N-dealkylation sites (tertiary alicyclic amines) is 1. The summed E-state index contributed by atoms with van der Waals surface area (Å²) in [6.07, 6.45) is 3.32. The number of aromatic nitrogens is 3. The maximum Gasteiger partial charge on any atom is 0.323 e. The Balaban J connectivity index is 1.45. The molecule has 3 aromatic rings. The largest absolute Gasteiger partial charge is 0.339 e. The molecule has 1 saturated heterocycles. The van der Waals surface area contributed by atoms with Crippen molar-refractivity contribution in [1.29, 1.82) is 0 Å². The van der Waals surface area contributed by atoms with E-state index in [-0.39, 0.29) is 17.8 Å². The van der Waals surface area contributed by atoms with E-state index < -0.39 is 0 Å². The van der Waals surface area contributed by atoms with Gasteiger partial charge in [-0.05, 0) is 43.5 Å². The van der Waals surface area contributed by atoms with Crippen LogP contribution >= 0.6 is 0 Å². The van der Waals surface area contributed by atoms with Crippen molar-refractivity contribution in [2.75, 3.05) is 18.4 Å². The molecule has 0 radical (unpaired) electrons. The monoisotopic (exact) mass is 381 g/mol. The zero-order valence-corrected chi connectivity index (χ0v) is 15.4. The summed E-state index contributed by atoms with van der Waals surface area (Å²) in [4.78, 5) is 23.0. The third kappa shape index (κ3) is 3.85. The maximum absolute atomic E-state index is 13.4. The Labute approximate surface area is 161 Å². The van der Waals surface area contributed by atoms with E-state index in [0.29, 0.717) is 36.2 Å². The van der Waals surface area contributed by atoms with Gasteiger partial charge in [0, 0.05) is 24.8 Å². The number of nitrogens with zero attached hydrogens (tertiary/aromatic N) is 4. The number of urea groups is 1. The SMILES string of the molecule is Cc1cccnc1NC(=O)N1CCC[C@H](c2nc(-c3cccc(F)c3)no2)C1. The minimum Gasteiger partial charge on any atom is -0.339 e. The molecule has 1 aliphatic heterocycles. The van der Waals surface area contributed by atoms with Crippen LogP contribution in [0.2, 0.25) is 0 Å². The van der Waals surface area contributed by atoms with Crippen molar-refractivity contribution in [1.82, 2.24) is 20.0 Å². The lowest BCUT2D eigenvalue weighted by molar-refractivity contribution is 0.184. The van der Waals surface area contributed by atoms with Gasteiger partial charge in [-0.1, -0.05) is 23.4 Å². The number of carbonyl (C=O) groups excluding carboxylic acids is 1. The van der Waals surface area contributed by atoms with Crippen molar-refractivity contribution in [2.24, 2.45) is 0 Å². The average molecular weight is 381 g/mol. The van der Waals surface area contributed by atoms with Crippen LogP contribution in [-0.4, -0.2) is 39.1 Å². The Hall–Kier alpha value is -3.29. The van der Waals surface area contributed by atoms with Crippen molar-refractivity contribution < 1.29 is 13.7 Å². The van der Waals surface area contributed by atoms with Gasteiger partial charge in [-0.15, -0.1) is 0 Å². The smallest absolute Gasteiger partial charge is 0.323 e. The fraction of sp³-hybridized carbons (Fsp3) is 0.300. The number of pyridine rings is 1. The number of hydrogen-bond acceptors (Lipinski definition) is 5. The molecule has 0 bridgehead atoms. The first-order valence-electron chi connectivity index (χ1n) is 9.17. The highest BCUT2D eigenvalue weighted by Crippen LogP contribution is 2.28. The quantitative estimate of drug-likeness (QED) is 0.742. The molecular formula is C20H20FN5O2. The standard InChI is InChI=1S/C20H20FN5O2/c1-13-5-3-9-22-17(13)24-20(27)26-10-4-7-15(12-26)19-23-18(25-28-19)14-6-2-8-16(21)11-14/h2-3,5-6,8-9,11,15H,4,7,10,12H2,1H3,(H,22,24,27)/t15-/m0/s1. The molecule has 2 aromatic heterocycles. The summed E-state index contributed by atoms with van der Waals surface area (Å²) >= 11 is 0. The average Bonchev–Trinajstić information content (AvgIpc) is 3.20. The maximum atomic E-state index is 13.4. The molecule has 1 atom stereocenters. The molecule has 0 unspecified atom stereocenters. The van der Waals surface area contributed by atoms with Gasteiger partial charge in [-0.25, -0.2) is 14.2 Å². The van der Waals surface area contributed by atoms with Crippen LogP contribution in [-0.2, 0) is 0 Å². The summed E-state index contributed by atoms with van der Waals surface area (Å²) in [6.45, 7) is 3.02. The minimum absolute atomic E-state index is 0.0564. The van der Waals surface area contributed by atoms with Crippen molar-refractivity contribution in [3.05, 3.63) is 59.9 Å². The highest BCUT2D eigenvalue weighted by atomic mass is 19.1. The van der Waals surface area contributed by atoms with Crippen LogP contribution in [0.4, 0.5) is 15.0 Å². The van der Waals surface area contributed by atoms with Gasteiger partial charge in [0.25, 0.3) is 0 Å². The Bertz CT molecular complexity index is 990. The lowest BCUT2D eigenvalue weighted by atomic mass is 9.98. The predicted molar refractivity (Wildman–Crippen MR) is 101 cm³/mol. The van der Waals surface area contributed by atoms with E-state index in [1.54, 1.807) is 23.2 Å². The van der Waals surface area contributed by atoms with E-state index in [9.17, 15) is 9.18 Å². The van der Waals surface area contributed by atoms with Crippen molar-refractivity contribution >= 4 is 11.8 Å². The number of rotatable bonds is 3. The predicted octanol–water partition coefficient (Wildman–Crippen LogP) is 3.99. The van der Waals surface area contributed by atoms with Gasteiger partial charge in [-0.2, -0.15) is 4.98 Å². The number of halogens is 1. The van der Waals surface area contributed by atoms with Gasteiger partial charge >= 0.3 is 6.03 Å². The Kier molecular flexibility index (Phi) is 5.01. The van der Waals surface area contributed by atoms with E-state index in [1.165, 1.54) is 12.1 Å². The second kappa shape index (κ2) is 7.75. The number of carbonyl (C=O) groups is 1. The third-order valence-electron chi connectivity index (χ3n) is 4.82. The summed E-state index contributed by atoms with van der Waals surface area (Å²) in [5.74, 6) is 0.958. The molecule has 1 N–H and O–H groups in total. The molecule has 1 aromatic carbocycles. The van der Waals surface area contributed by atoms with E-state index in [1.807, 2.05) is 19.1 Å². The number of amides is 2. The number of piperidine rings is 1. The highest BCUT2D eigenvalue weighted by Gasteiger charge is 2.29. The molecule has 1 fully saturated rings. The molecule has 2 amide bonds. The third-order valence-corrected chi connectivity index (χ3v) is 4.82. The summed E-state index contributed by atoms with van der Waals surface area (Å²) in [7, 11) is 0. The summed E-state index contributed by atoms with van der Waals surface area (Å²) in [6, 6.07) is 9.59. The zero-order valence-electron chi connectivity index (χ0n) is 15.4. The first kappa shape index (κ1) is 18.1. The van der Waals surface area contributed by atoms with E-state index in [0.717, 1.165) is 18.4 Å². The number of hydrogen-bond donors (Lipinski definition) is 1. The molecule has 8 heteroatoms. The van der Waals surface area contributed by atoms with Gasteiger partial charge in [0.1, 0.15) is 11.6 Å². The molecule has 0 spiro atoms. The summed E-state index contributed by atoms with van der Waals surface area (Å²) in [5.41, 5.74) is 1.46. The topological polar surface area (TPSA) is 84.2 Å². The first-order valence-corrected chi connectivity index (χ1v) is 9.17. The van der Waals surface area contributed by atoms with Crippen molar-refractivity contribution in [3.8, 4) is 11.4 Å². The first-order chi connectivity index (χ1) is 13.6. The van der Waals surface area contributed by atoms with Crippen LogP contribution in [0.3, 0.4) is 0 Å². The van der Waals surface area contributed by atoms with E-state index in [2.05, 4.69) is 20.4 Å². The second-order valence-corrected chi connectivity index (χ2v) is 6.85. The molecule has 0 aliphatic carbocycles. The van der Waals surface area contributed by atoms with Gasteiger partial charge in [0.15, 0.2) is 0 Å². The molecule has 7 nitrogen and oxygen atoms in total. The molecular weight excluding hydrogens is 361 g/mol. The molecule has 28 heavy (non-hydrogen) atoms. The number of anilines is 1. The fourth-order valence-electron chi connectivity index (χ4n) is 3.31. The van der Waals surface area contributed by atoms with Crippen molar-refractivity contribution in [2.45, 2.75) is 25.7 Å². The fourth-order valence-corrected chi connectivity index (χ4v) is 3.31. The summed E-state index contributed by atoms with van der Waals surface area (Å²) < 4.78 is 18.8. The molecule has 1 aliphatic rings. The van der Waals surface area contributed by atoms with Crippen LogP contribution in [0.1, 0.15) is 30.2 Å². The minimum atomic E-state index is -0.353. The molecule has 0 saturated carbocycles. The Morgan fingerprint density at radius 1 is 1.32 bits per heavy atom. The van der Waals surface area contributed by atoms with Gasteiger partial charge in [0.05, 0.1) is 5.92 Å². The normalized spacial score (nSPS) is 16.8. The van der Waals surface area contributed by atoms with Crippen LogP contribution in [0.25, 0.3) is 11.4 Å². The molecule has 4 rings (SSSR count). The number of nitrogens with one attached hydrogen (secondary N) is 1. The second-order valence-electron chi connectivity index (χ2n) is 6.85. The molecule has 144 valence electrons. The highest BCUT2D eigenvalue weighted by molar-refractivity contribution is 5.89. The van der Waals surface area contributed by atoms with Crippen LogP contribution < -0.4 is 5.32 Å².